The normalized spacial score (nSPS) is 24.6. The van der Waals surface area contributed by atoms with Crippen LogP contribution in [-0.4, -0.2) is 37.5 Å². The second kappa shape index (κ2) is 6.36. The molecule has 0 N–H and O–H groups in total. The quantitative estimate of drug-likeness (QED) is 0.845. The molecule has 0 aromatic heterocycles. The Bertz CT molecular complexity index is 491. The number of hydrogen-bond donors (Lipinski definition) is 0. The molecule has 0 spiro atoms. The highest BCUT2D eigenvalue weighted by molar-refractivity contribution is 5.37. The van der Waals surface area contributed by atoms with E-state index in [1.54, 1.807) is 0 Å². The summed E-state index contributed by atoms with van der Waals surface area (Å²) in [7, 11) is 0. The zero-order valence-electron chi connectivity index (χ0n) is 11.6. The lowest BCUT2D eigenvalue weighted by atomic mass is 9.96. The third kappa shape index (κ3) is 3.01. The van der Waals surface area contributed by atoms with Gasteiger partial charge in [0, 0.05) is 19.0 Å². The van der Waals surface area contributed by atoms with E-state index in [1.165, 1.54) is 12.8 Å². The Morgan fingerprint density at radius 1 is 1.25 bits per heavy atom. The van der Waals surface area contributed by atoms with Gasteiger partial charge in [-0.3, -0.25) is 4.90 Å². The summed E-state index contributed by atoms with van der Waals surface area (Å²) in [6, 6.07) is 10.1. The van der Waals surface area contributed by atoms with Crippen molar-refractivity contribution in [1.29, 1.82) is 5.26 Å². The average Bonchev–Trinajstić information content (AvgIpc) is 3.02. The van der Waals surface area contributed by atoms with Crippen LogP contribution < -0.4 is 0 Å². The van der Waals surface area contributed by atoms with E-state index in [0.29, 0.717) is 5.92 Å². The number of ether oxygens (including phenoxy) is 2. The fraction of sp³-hybridized carbons (Fsp3) is 0.562. The third-order valence-corrected chi connectivity index (χ3v) is 4.11. The maximum Gasteiger partial charge on any atom is 0.161 e. The van der Waals surface area contributed by atoms with Crippen molar-refractivity contribution < 1.29 is 9.47 Å². The van der Waals surface area contributed by atoms with E-state index < -0.39 is 0 Å². The van der Waals surface area contributed by atoms with E-state index in [-0.39, 0.29) is 6.29 Å². The molecule has 2 saturated heterocycles. The van der Waals surface area contributed by atoms with E-state index in [1.807, 2.05) is 24.3 Å². The summed E-state index contributed by atoms with van der Waals surface area (Å²) in [6.07, 6.45) is 2.31. The number of nitriles is 1. The molecule has 1 aromatic carbocycles. The first-order valence-corrected chi connectivity index (χ1v) is 7.30. The minimum atomic E-state index is -0.0241. The van der Waals surface area contributed by atoms with Crippen LogP contribution in [0.5, 0.6) is 0 Å². The second-order valence-corrected chi connectivity index (χ2v) is 5.52. The van der Waals surface area contributed by atoms with Gasteiger partial charge in [0.15, 0.2) is 6.29 Å². The van der Waals surface area contributed by atoms with E-state index >= 15 is 0 Å². The Balaban J connectivity index is 1.64. The van der Waals surface area contributed by atoms with Gasteiger partial charge in [0.25, 0.3) is 0 Å². The minimum absolute atomic E-state index is 0.0241. The van der Waals surface area contributed by atoms with Crippen LogP contribution in [0.25, 0.3) is 0 Å². The Morgan fingerprint density at radius 2 is 2.05 bits per heavy atom. The van der Waals surface area contributed by atoms with Crippen LogP contribution in [0.3, 0.4) is 0 Å². The van der Waals surface area contributed by atoms with Crippen molar-refractivity contribution in [3.05, 3.63) is 35.4 Å². The van der Waals surface area contributed by atoms with Crippen molar-refractivity contribution in [1.82, 2.24) is 4.90 Å². The van der Waals surface area contributed by atoms with E-state index in [0.717, 1.165) is 44.0 Å². The van der Waals surface area contributed by atoms with Gasteiger partial charge < -0.3 is 9.47 Å². The Labute approximate surface area is 119 Å². The summed E-state index contributed by atoms with van der Waals surface area (Å²) in [4.78, 5) is 2.41. The molecule has 0 amide bonds. The largest absolute Gasteiger partial charge is 0.350 e. The van der Waals surface area contributed by atoms with Crippen molar-refractivity contribution >= 4 is 0 Å². The van der Waals surface area contributed by atoms with Crippen LogP contribution in [0, 0.1) is 17.2 Å². The molecule has 4 nitrogen and oxygen atoms in total. The van der Waals surface area contributed by atoms with Gasteiger partial charge in [-0.05, 0) is 31.0 Å². The van der Waals surface area contributed by atoms with Crippen molar-refractivity contribution in [3.63, 3.8) is 0 Å². The molecule has 0 radical (unpaired) electrons. The summed E-state index contributed by atoms with van der Waals surface area (Å²) >= 11 is 0. The Morgan fingerprint density at radius 3 is 2.85 bits per heavy atom. The van der Waals surface area contributed by atoms with Gasteiger partial charge in [0.1, 0.15) is 0 Å². The lowest BCUT2D eigenvalue weighted by molar-refractivity contribution is -0.101. The molecule has 1 aromatic rings. The fourth-order valence-corrected chi connectivity index (χ4v) is 3.11. The highest BCUT2D eigenvalue weighted by Crippen LogP contribution is 2.26. The molecule has 20 heavy (non-hydrogen) atoms. The van der Waals surface area contributed by atoms with E-state index in [4.69, 9.17) is 14.7 Å². The summed E-state index contributed by atoms with van der Waals surface area (Å²) in [5.74, 6) is 0.459. The summed E-state index contributed by atoms with van der Waals surface area (Å²) in [6.45, 7) is 4.36. The molecule has 2 heterocycles. The fourth-order valence-electron chi connectivity index (χ4n) is 3.11. The molecule has 4 heteroatoms. The molecule has 2 aliphatic heterocycles. The molecule has 0 aliphatic carbocycles. The predicted octanol–water partition coefficient (Wildman–Crippen LogP) is 2.14. The van der Waals surface area contributed by atoms with Crippen molar-refractivity contribution in [2.45, 2.75) is 25.7 Å². The standard InChI is InChI=1S/C16H20N2O2/c17-10-13-4-1-2-5-14(13)11-18-7-3-6-15(12-18)16-19-8-9-20-16/h1-2,4-5,15-16H,3,6-9,11-12H2. The van der Waals surface area contributed by atoms with E-state index in [9.17, 15) is 0 Å². The first-order valence-electron chi connectivity index (χ1n) is 7.30. The van der Waals surface area contributed by atoms with Gasteiger partial charge in [0.05, 0.1) is 24.8 Å². The monoisotopic (exact) mass is 272 g/mol. The predicted molar refractivity (Wildman–Crippen MR) is 74.9 cm³/mol. The van der Waals surface area contributed by atoms with Crippen LogP contribution in [0.15, 0.2) is 24.3 Å². The highest BCUT2D eigenvalue weighted by Gasteiger charge is 2.31. The molecular weight excluding hydrogens is 252 g/mol. The molecule has 2 fully saturated rings. The van der Waals surface area contributed by atoms with Gasteiger partial charge in [-0.1, -0.05) is 18.2 Å². The van der Waals surface area contributed by atoms with Crippen LogP contribution in [0.1, 0.15) is 24.0 Å². The van der Waals surface area contributed by atoms with Gasteiger partial charge in [-0.2, -0.15) is 5.26 Å². The maximum atomic E-state index is 9.16. The van der Waals surface area contributed by atoms with Crippen LogP contribution in [0.2, 0.25) is 0 Å². The first-order chi connectivity index (χ1) is 9.86. The third-order valence-electron chi connectivity index (χ3n) is 4.11. The lowest BCUT2D eigenvalue weighted by Gasteiger charge is -2.34. The number of hydrogen-bond acceptors (Lipinski definition) is 4. The van der Waals surface area contributed by atoms with Crippen molar-refractivity contribution in [2.75, 3.05) is 26.3 Å². The topological polar surface area (TPSA) is 45.5 Å². The molecule has 0 saturated carbocycles. The molecule has 3 rings (SSSR count). The number of rotatable bonds is 3. The summed E-state index contributed by atoms with van der Waals surface area (Å²) < 4.78 is 11.3. The van der Waals surface area contributed by atoms with Gasteiger partial charge in [0.2, 0.25) is 0 Å². The molecule has 106 valence electrons. The van der Waals surface area contributed by atoms with Gasteiger partial charge >= 0.3 is 0 Å². The number of benzene rings is 1. The number of likely N-dealkylation sites (tertiary alicyclic amines) is 1. The SMILES string of the molecule is N#Cc1ccccc1CN1CCCC(C2OCCO2)C1. The van der Waals surface area contributed by atoms with Crippen molar-refractivity contribution in [2.24, 2.45) is 5.92 Å². The zero-order valence-corrected chi connectivity index (χ0v) is 11.6. The van der Waals surface area contributed by atoms with Gasteiger partial charge in [-0.15, -0.1) is 0 Å². The highest BCUT2D eigenvalue weighted by atomic mass is 16.7. The van der Waals surface area contributed by atoms with Crippen LogP contribution >= 0.6 is 0 Å². The molecule has 2 aliphatic rings. The smallest absolute Gasteiger partial charge is 0.161 e. The number of nitrogens with zero attached hydrogens (tertiary/aromatic N) is 2. The van der Waals surface area contributed by atoms with Crippen LogP contribution in [0.4, 0.5) is 0 Å². The first kappa shape index (κ1) is 13.6. The Hall–Kier alpha value is -1.41. The van der Waals surface area contributed by atoms with E-state index in [2.05, 4.69) is 11.0 Å². The lowest BCUT2D eigenvalue weighted by Crippen LogP contribution is -2.40. The average molecular weight is 272 g/mol. The maximum absolute atomic E-state index is 9.16. The van der Waals surface area contributed by atoms with Crippen molar-refractivity contribution in [3.8, 4) is 6.07 Å². The van der Waals surface area contributed by atoms with Gasteiger partial charge in [-0.25, -0.2) is 0 Å². The molecule has 0 bridgehead atoms. The van der Waals surface area contributed by atoms with Crippen LogP contribution in [-0.2, 0) is 16.0 Å². The zero-order chi connectivity index (χ0) is 13.8. The molecular formula is C16H20N2O2. The summed E-state index contributed by atoms with van der Waals surface area (Å²) in [5.41, 5.74) is 1.90. The molecule has 1 atom stereocenters. The summed E-state index contributed by atoms with van der Waals surface area (Å²) in [5, 5.41) is 9.16. The second-order valence-electron chi connectivity index (χ2n) is 5.52. The molecule has 1 unspecified atom stereocenters. The number of piperidine rings is 1. The minimum Gasteiger partial charge on any atom is -0.350 e. The Kier molecular flexibility index (Phi) is 4.31.